The molecule has 0 aliphatic carbocycles. The molecule has 0 spiro atoms. The van der Waals surface area contributed by atoms with Crippen LogP contribution in [0, 0.1) is 6.92 Å². The number of fused-ring (bicyclic) bond motifs is 1. The van der Waals surface area contributed by atoms with Gasteiger partial charge in [-0.3, -0.25) is 9.78 Å². The van der Waals surface area contributed by atoms with E-state index >= 15 is 0 Å². The molecule has 3 aromatic rings. The van der Waals surface area contributed by atoms with E-state index < -0.39 is 0 Å². The average molecular weight is 368 g/mol. The highest BCUT2D eigenvalue weighted by molar-refractivity contribution is 5.94. The molecule has 8 nitrogen and oxygen atoms in total. The Balaban J connectivity index is 1.99. The number of hydrogen-bond donors (Lipinski definition) is 2. The number of H-pyrrole nitrogens is 1. The van der Waals surface area contributed by atoms with Crippen molar-refractivity contribution in [3.8, 4) is 5.88 Å². The monoisotopic (exact) mass is 368 g/mol. The van der Waals surface area contributed by atoms with E-state index in [-0.39, 0.29) is 17.4 Å². The van der Waals surface area contributed by atoms with Crippen LogP contribution in [-0.2, 0) is 6.54 Å². The van der Waals surface area contributed by atoms with Gasteiger partial charge in [0.15, 0.2) is 5.69 Å². The van der Waals surface area contributed by atoms with Gasteiger partial charge in [-0.25, -0.2) is 4.98 Å². The maximum absolute atomic E-state index is 11.6. The number of nitrogens with one attached hydrogen (secondary N) is 1. The Morgan fingerprint density at radius 2 is 1.96 bits per heavy atom. The number of aryl methyl sites for hydroxylation is 1. The van der Waals surface area contributed by atoms with Crippen molar-refractivity contribution >= 4 is 22.5 Å². The number of nitrogens with zero attached hydrogens (tertiary/aromatic N) is 5. The van der Waals surface area contributed by atoms with Crippen molar-refractivity contribution in [2.75, 3.05) is 19.6 Å². The van der Waals surface area contributed by atoms with Crippen molar-refractivity contribution in [1.29, 1.82) is 0 Å². The first-order valence-corrected chi connectivity index (χ1v) is 9.05. The van der Waals surface area contributed by atoms with Gasteiger partial charge in [0.1, 0.15) is 0 Å². The van der Waals surface area contributed by atoms with E-state index in [0.717, 1.165) is 30.5 Å². The molecule has 27 heavy (non-hydrogen) atoms. The van der Waals surface area contributed by atoms with Gasteiger partial charge in [-0.2, -0.15) is 0 Å². The van der Waals surface area contributed by atoms with Gasteiger partial charge in [0.25, 0.3) is 5.56 Å². The van der Waals surface area contributed by atoms with Crippen molar-refractivity contribution in [1.82, 2.24) is 19.4 Å². The fourth-order valence-electron chi connectivity index (χ4n) is 3.09. The van der Waals surface area contributed by atoms with E-state index in [2.05, 4.69) is 38.9 Å². The molecular weight excluding hydrogens is 344 g/mol. The van der Waals surface area contributed by atoms with Gasteiger partial charge >= 0.3 is 0 Å². The number of benzene rings is 1. The molecule has 2 N–H and O–H groups in total. The topological polar surface area (TPSA) is 98.9 Å². The van der Waals surface area contributed by atoms with Gasteiger partial charge in [0.05, 0.1) is 5.52 Å². The first kappa shape index (κ1) is 18.8. The molecule has 0 fully saturated rings. The summed E-state index contributed by atoms with van der Waals surface area (Å²) in [5, 5.41) is 19.8. The van der Waals surface area contributed by atoms with Crippen LogP contribution in [0.25, 0.3) is 10.9 Å². The van der Waals surface area contributed by atoms with E-state index in [0.29, 0.717) is 17.9 Å². The van der Waals surface area contributed by atoms with Gasteiger partial charge in [0, 0.05) is 30.2 Å². The van der Waals surface area contributed by atoms with Crippen LogP contribution in [0.15, 0.2) is 45.4 Å². The Bertz CT molecular complexity index is 1020. The minimum absolute atomic E-state index is 0.0575. The fraction of sp³-hybridized carbons (Fsp3) is 0.368. The maximum atomic E-state index is 11.6. The number of aromatic nitrogens is 3. The molecule has 0 amide bonds. The zero-order valence-corrected chi connectivity index (χ0v) is 15.8. The predicted octanol–water partition coefficient (Wildman–Crippen LogP) is 3.50. The third kappa shape index (κ3) is 4.06. The highest BCUT2D eigenvalue weighted by Gasteiger charge is 2.16. The summed E-state index contributed by atoms with van der Waals surface area (Å²) in [4.78, 5) is 20.5. The summed E-state index contributed by atoms with van der Waals surface area (Å²) in [6, 6.07) is 9.04. The van der Waals surface area contributed by atoms with Crippen LogP contribution < -0.4 is 5.56 Å². The van der Waals surface area contributed by atoms with E-state index in [1.165, 1.54) is 6.07 Å². The molecule has 0 radical (unpaired) electrons. The highest BCUT2D eigenvalue weighted by atomic mass is 16.3. The summed E-state index contributed by atoms with van der Waals surface area (Å²) in [7, 11) is 0. The molecule has 0 aliphatic heterocycles. The second-order valence-electron chi connectivity index (χ2n) is 6.28. The lowest BCUT2D eigenvalue weighted by molar-refractivity contribution is 0.285. The molecule has 0 atom stereocenters. The predicted molar refractivity (Wildman–Crippen MR) is 105 cm³/mol. The van der Waals surface area contributed by atoms with Crippen LogP contribution in [0.3, 0.4) is 0 Å². The summed E-state index contributed by atoms with van der Waals surface area (Å²) in [6.07, 6.45) is 0. The Kier molecular flexibility index (Phi) is 5.66. The van der Waals surface area contributed by atoms with Crippen LogP contribution in [0.5, 0.6) is 5.88 Å². The average Bonchev–Trinajstić information content (AvgIpc) is 2.91. The molecule has 142 valence electrons. The van der Waals surface area contributed by atoms with Crippen LogP contribution in [0.4, 0.5) is 11.6 Å². The van der Waals surface area contributed by atoms with Crippen LogP contribution in [0.2, 0.25) is 0 Å². The zero-order chi connectivity index (χ0) is 19.4. The lowest BCUT2D eigenvalue weighted by atomic mass is 10.2. The second-order valence-corrected chi connectivity index (χ2v) is 6.28. The first-order valence-electron chi connectivity index (χ1n) is 9.05. The van der Waals surface area contributed by atoms with Crippen molar-refractivity contribution in [2.24, 2.45) is 10.2 Å². The van der Waals surface area contributed by atoms with E-state index in [1.807, 2.05) is 28.8 Å². The molecule has 0 saturated heterocycles. The quantitative estimate of drug-likeness (QED) is 0.624. The molecule has 0 aliphatic rings. The largest absolute Gasteiger partial charge is 0.493 e. The number of aromatic hydroxyl groups is 1. The molecule has 2 aromatic heterocycles. The third-order valence-electron chi connectivity index (χ3n) is 4.55. The second kappa shape index (κ2) is 8.13. The maximum Gasteiger partial charge on any atom is 0.252 e. The number of likely N-dealkylation sites (N-methyl/N-ethyl adjacent to an activating group) is 1. The molecule has 2 heterocycles. The van der Waals surface area contributed by atoms with E-state index in [4.69, 9.17) is 0 Å². The van der Waals surface area contributed by atoms with Crippen molar-refractivity contribution < 1.29 is 5.11 Å². The lowest BCUT2D eigenvalue weighted by Crippen LogP contribution is -2.26. The van der Waals surface area contributed by atoms with Gasteiger partial charge in [0.2, 0.25) is 11.8 Å². The molecular formula is C19H24N6O2. The Hall–Kier alpha value is -3.00. The minimum atomic E-state index is -0.290. The lowest BCUT2D eigenvalue weighted by Gasteiger charge is -2.18. The van der Waals surface area contributed by atoms with Crippen molar-refractivity contribution in [3.63, 3.8) is 0 Å². The third-order valence-corrected chi connectivity index (χ3v) is 4.55. The minimum Gasteiger partial charge on any atom is -0.493 e. The van der Waals surface area contributed by atoms with Gasteiger partial charge in [-0.1, -0.05) is 32.0 Å². The van der Waals surface area contributed by atoms with Gasteiger partial charge < -0.3 is 14.6 Å². The Morgan fingerprint density at radius 1 is 1.22 bits per heavy atom. The van der Waals surface area contributed by atoms with Crippen molar-refractivity contribution in [3.05, 3.63) is 46.4 Å². The number of aromatic amines is 1. The van der Waals surface area contributed by atoms with Gasteiger partial charge in [-0.15, -0.1) is 10.2 Å². The molecule has 3 rings (SSSR count). The highest BCUT2D eigenvalue weighted by Crippen LogP contribution is 2.39. The first-order chi connectivity index (χ1) is 13.0. The number of hydrogen-bond acceptors (Lipinski definition) is 6. The van der Waals surface area contributed by atoms with Gasteiger partial charge in [-0.05, 0) is 26.1 Å². The van der Waals surface area contributed by atoms with E-state index in [9.17, 15) is 9.90 Å². The number of para-hydroxylation sites is 1. The summed E-state index contributed by atoms with van der Waals surface area (Å²) in [6.45, 7) is 9.32. The number of rotatable bonds is 7. The van der Waals surface area contributed by atoms with Crippen molar-refractivity contribution in [2.45, 2.75) is 27.3 Å². The van der Waals surface area contributed by atoms with Crippen LogP contribution >= 0.6 is 0 Å². The number of azo groups is 1. The standard InChI is InChI=1S/C19H24N6O2/c1-4-24(5-2)10-11-25-15-9-7-6-8-14(15)17(18(25)27)22-23-19-20-13(3)12-16(26)21-19/h6-9,12,27H,4-5,10-11H2,1-3H3,(H,20,21,26). The summed E-state index contributed by atoms with van der Waals surface area (Å²) in [5.74, 6) is 0.168. The Morgan fingerprint density at radius 3 is 2.67 bits per heavy atom. The molecule has 8 heteroatoms. The van der Waals surface area contributed by atoms with Crippen LogP contribution in [-0.4, -0.2) is 44.2 Å². The SMILES string of the molecule is CCN(CC)CCn1c(O)c(N=Nc2nc(C)cc(=O)[nH]2)c2ccccc21. The molecule has 0 unspecified atom stereocenters. The van der Waals surface area contributed by atoms with E-state index in [1.54, 1.807) is 6.92 Å². The van der Waals surface area contributed by atoms with Crippen LogP contribution in [0.1, 0.15) is 19.5 Å². The molecule has 0 saturated carbocycles. The molecule has 1 aromatic carbocycles. The fourth-order valence-corrected chi connectivity index (χ4v) is 3.09. The summed E-state index contributed by atoms with van der Waals surface area (Å²) in [5.41, 5.74) is 1.52. The summed E-state index contributed by atoms with van der Waals surface area (Å²) < 4.78 is 1.84. The molecule has 0 bridgehead atoms. The normalized spacial score (nSPS) is 11.9. The smallest absolute Gasteiger partial charge is 0.252 e. The zero-order valence-electron chi connectivity index (χ0n) is 15.8. The Labute approximate surface area is 157 Å². The summed E-state index contributed by atoms with van der Waals surface area (Å²) >= 11 is 0.